The van der Waals surface area contributed by atoms with Crippen LogP contribution in [-0.2, 0) is 14.8 Å². The fourth-order valence-corrected chi connectivity index (χ4v) is 3.25. The highest BCUT2D eigenvalue weighted by atomic mass is 32.2. The summed E-state index contributed by atoms with van der Waals surface area (Å²) in [5, 5.41) is 0. The zero-order chi connectivity index (χ0) is 16.0. The smallest absolute Gasteiger partial charge is 0.242 e. The molecule has 0 fully saturated rings. The lowest BCUT2D eigenvalue weighted by atomic mass is 10.1. The molecule has 0 heterocycles. The Balaban J connectivity index is 2.99. The molecule has 1 aromatic rings. The van der Waals surface area contributed by atoms with Crippen molar-refractivity contribution in [2.45, 2.75) is 31.7 Å². The number of nitrogens with one attached hydrogen (secondary N) is 1. The SMILES string of the molecule is CCOCC(NS(=O)(=O)c1ccc(OC)cc1N)C(C)C. The number of sulfonamides is 1. The molecule has 1 atom stereocenters. The number of anilines is 1. The van der Waals surface area contributed by atoms with Crippen molar-refractivity contribution in [3.63, 3.8) is 0 Å². The summed E-state index contributed by atoms with van der Waals surface area (Å²) >= 11 is 0. The molecule has 0 radical (unpaired) electrons. The van der Waals surface area contributed by atoms with Crippen molar-refractivity contribution in [3.05, 3.63) is 18.2 Å². The molecule has 120 valence electrons. The van der Waals surface area contributed by atoms with Gasteiger partial charge in [-0.15, -0.1) is 0 Å². The van der Waals surface area contributed by atoms with Crippen LogP contribution in [0.15, 0.2) is 23.1 Å². The van der Waals surface area contributed by atoms with Gasteiger partial charge in [0.25, 0.3) is 0 Å². The van der Waals surface area contributed by atoms with Gasteiger partial charge < -0.3 is 15.2 Å². The van der Waals surface area contributed by atoms with Crippen molar-refractivity contribution in [2.75, 3.05) is 26.1 Å². The Kier molecular flexibility index (Phi) is 6.44. The lowest BCUT2D eigenvalue weighted by molar-refractivity contribution is 0.116. The minimum Gasteiger partial charge on any atom is -0.497 e. The van der Waals surface area contributed by atoms with Crippen molar-refractivity contribution < 1.29 is 17.9 Å². The highest BCUT2D eigenvalue weighted by Crippen LogP contribution is 2.24. The number of ether oxygens (including phenoxy) is 2. The standard InChI is InChI=1S/C14H24N2O4S/c1-5-20-9-13(10(2)3)16-21(17,18)14-7-6-11(19-4)8-12(14)15/h6-8,10,13,16H,5,9,15H2,1-4H3. The summed E-state index contributed by atoms with van der Waals surface area (Å²) in [6.45, 7) is 6.60. The van der Waals surface area contributed by atoms with Crippen LogP contribution in [0.25, 0.3) is 0 Å². The van der Waals surface area contributed by atoms with Gasteiger partial charge in [-0.3, -0.25) is 0 Å². The molecule has 7 heteroatoms. The third-order valence-corrected chi connectivity index (χ3v) is 4.68. The Hall–Kier alpha value is -1.31. The third kappa shape index (κ3) is 4.87. The molecular weight excluding hydrogens is 292 g/mol. The van der Waals surface area contributed by atoms with Gasteiger partial charge in [0.15, 0.2) is 0 Å². The minimum atomic E-state index is -3.70. The van der Waals surface area contributed by atoms with Crippen molar-refractivity contribution in [1.82, 2.24) is 4.72 Å². The molecule has 0 aliphatic rings. The second-order valence-corrected chi connectivity index (χ2v) is 6.72. The van der Waals surface area contributed by atoms with Crippen molar-refractivity contribution in [2.24, 2.45) is 5.92 Å². The maximum Gasteiger partial charge on any atom is 0.242 e. The molecule has 0 amide bonds. The molecule has 3 N–H and O–H groups in total. The van der Waals surface area contributed by atoms with Gasteiger partial charge in [-0.1, -0.05) is 13.8 Å². The summed E-state index contributed by atoms with van der Waals surface area (Å²) in [5.74, 6) is 0.618. The molecule has 1 aromatic carbocycles. The summed E-state index contributed by atoms with van der Waals surface area (Å²) in [5.41, 5.74) is 5.96. The van der Waals surface area contributed by atoms with Crippen LogP contribution in [0.3, 0.4) is 0 Å². The van der Waals surface area contributed by atoms with Crippen LogP contribution in [0, 0.1) is 5.92 Å². The first-order chi connectivity index (χ1) is 9.81. The Morgan fingerprint density at radius 3 is 2.48 bits per heavy atom. The maximum atomic E-state index is 12.4. The van der Waals surface area contributed by atoms with Crippen LogP contribution in [0.1, 0.15) is 20.8 Å². The second kappa shape index (κ2) is 7.63. The zero-order valence-corrected chi connectivity index (χ0v) is 13.7. The number of hydrogen-bond donors (Lipinski definition) is 2. The molecule has 6 nitrogen and oxygen atoms in total. The van der Waals surface area contributed by atoms with Crippen LogP contribution in [0.2, 0.25) is 0 Å². The molecule has 0 aromatic heterocycles. The summed E-state index contributed by atoms with van der Waals surface area (Å²) in [6.07, 6.45) is 0. The predicted molar refractivity (Wildman–Crippen MR) is 82.8 cm³/mol. The number of nitrogen functional groups attached to an aromatic ring is 1. The molecule has 0 bridgehead atoms. The van der Waals surface area contributed by atoms with Gasteiger partial charge in [-0.05, 0) is 25.0 Å². The first-order valence-corrected chi connectivity index (χ1v) is 8.33. The summed E-state index contributed by atoms with van der Waals surface area (Å²) in [4.78, 5) is 0.0467. The zero-order valence-electron chi connectivity index (χ0n) is 12.9. The first kappa shape index (κ1) is 17.7. The Labute approximate surface area is 126 Å². The molecule has 0 aliphatic carbocycles. The van der Waals surface area contributed by atoms with E-state index in [1.807, 2.05) is 20.8 Å². The highest BCUT2D eigenvalue weighted by molar-refractivity contribution is 7.89. The quantitative estimate of drug-likeness (QED) is 0.711. The van der Waals surface area contributed by atoms with Crippen molar-refractivity contribution >= 4 is 15.7 Å². The molecule has 0 spiro atoms. The lowest BCUT2D eigenvalue weighted by Gasteiger charge is -2.22. The van der Waals surface area contributed by atoms with E-state index < -0.39 is 10.0 Å². The van der Waals surface area contributed by atoms with E-state index in [0.29, 0.717) is 19.0 Å². The monoisotopic (exact) mass is 316 g/mol. The van der Waals surface area contributed by atoms with E-state index in [-0.39, 0.29) is 22.5 Å². The molecule has 1 unspecified atom stereocenters. The normalized spacial score (nSPS) is 13.4. The average molecular weight is 316 g/mol. The molecular formula is C14H24N2O4S. The Morgan fingerprint density at radius 1 is 1.33 bits per heavy atom. The number of nitrogens with two attached hydrogens (primary N) is 1. The first-order valence-electron chi connectivity index (χ1n) is 6.85. The Bertz CT molecular complexity index is 558. The van der Waals surface area contributed by atoms with Gasteiger partial charge >= 0.3 is 0 Å². The summed E-state index contributed by atoms with van der Waals surface area (Å²) in [7, 11) is -2.20. The fourth-order valence-electron chi connectivity index (χ4n) is 1.77. The van der Waals surface area contributed by atoms with Gasteiger partial charge in [-0.2, -0.15) is 0 Å². The molecule has 0 saturated heterocycles. The van der Waals surface area contributed by atoms with E-state index in [9.17, 15) is 8.42 Å². The highest BCUT2D eigenvalue weighted by Gasteiger charge is 2.24. The average Bonchev–Trinajstić information content (AvgIpc) is 2.42. The fraction of sp³-hybridized carbons (Fsp3) is 0.571. The van der Waals surface area contributed by atoms with Crippen LogP contribution in [0.5, 0.6) is 5.75 Å². The van der Waals surface area contributed by atoms with E-state index in [2.05, 4.69) is 4.72 Å². The van der Waals surface area contributed by atoms with Crippen LogP contribution >= 0.6 is 0 Å². The van der Waals surface area contributed by atoms with Gasteiger partial charge in [0.05, 0.1) is 19.4 Å². The van der Waals surface area contributed by atoms with Crippen LogP contribution in [0.4, 0.5) is 5.69 Å². The molecule has 0 aliphatic heterocycles. The summed E-state index contributed by atoms with van der Waals surface area (Å²) in [6, 6.07) is 4.19. The van der Waals surface area contributed by atoms with E-state index >= 15 is 0 Å². The van der Waals surface area contributed by atoms with E-state index in [4.69, 9.17) is 15.2 Å². The number of hydrogen-bond acceptors (Lipinski definition) is 5. The largest absolute Gasteiger partial charge is 0.497 e. The molecule has 0 saturated carbocycles. The topological polar surface area (TPSA) is 90.6 Å². The number of benzene rings is 1. The Morgan fingerprint density at radius 2 is 2.00 bits per heavy atom. The predicted octanol–water partition coefficient (Wildman–Crippen LogP) is 1.62. The van der Waals surface area contributed by atoms with Crippen molar-refractivity contribution in [1.29, 1.82) is 0 Å². The summed E-state index contributed by atoms with van der Waals surface area (Å²) < 4.78 is 37.9. The number of methoxy groups -OCH3 is 1. The van der Waals surface area contributed by atoms with Gasteiger partial charge in [0, 0.05) is 18.7 Å². The second-order valence-electron chi connectivity index (χ2n) is 5.04. The third-order valence-electron chi connectivity index (χ3n) is 3.12. The number of rotatable bonds is 8. The molecule has 1 rings (SSSR count). The van der Waals surface area contributed by atoms with Gasteiger partial charge in [0.2, 0.25) is 10.0 Å². The lowest BCUT2D eigenvalue weighted by Crippen LogP contribution is -2.42. The van der Waals surface area contributed by atoms with Gasteiger partial charge in [-0.25, -0.2) is 13.1 Å². The maximum absolute atomic E-state index is 12.4. The van der Waals surface area contributed by atoms with Gasteiger partial charge in [0.1, 0.15) is 10.6 Å². The van der Waals surface area contributed by atoms with Crippen LogP contribution < -0.4 is 15.2 Å². The van der Waals surface area contributed by atoms with Crippen LogP contribution in [-0.4, -0.2) is 34.8 Å². The van der Waals surface area contributed by atoms with Crippen molar-refractivity contribution in [3.8, 4) is 5.75 Å². The molecule has 21 heavy (non-hydrogen) atoms. The van der Waals surface area contributed by atoms with E-state index in [0.717, 1.165) is 0 Å². The van der Waals surface area contributed by atoms with E-state index in [1.54, 1.807) is 6.07 Å². The minimum absolute atomic E-state index is 0.0467. The van der Waals surface area contributed by atoms with E-state index in [1.165, 1.54) is 19.2 Å².